The number of amides is 1. The van der Waals surface area contributed by atoms with Crippen molar-refractivity contribution in [3.63, 3.8) is 0 Å². The molecule has 8 nitrogen and oxygen atoms in total. The molecule has 4 rings (SSSR count). The number of hydrogen-bond donors (Lipinski definition) is 0. The van der Waals surface area contributed by atoms with Crippen LogP contribution in [0.15, 0.2) is 29.2 Å². The maximum Gasteiger partial charge on any atom is 0.253 e. The molecular weight excluding hydrogens is 406 g/mol. The van der Waals surface area contributed by atoms with E-state index in [9.17, 15) is 21.6 Å². The molecule has 1 aromatic rings. The van der Waals surface area contributed by atoms with Crippen LogP contribution in [0.5, 0.6) is 0 Å². The Morgan fingerprint density at radius 1 is 1.07 bits per heavy atom. The van der Waals surface area contributed by atoms with E-state index in [-0.39, 0.29) is 28.7 Å². The van der Waals surface area contributed by atoms with Crippen LogP contribution in [-0.4, -0.2) is 76.5 Å². The summed E-state index contributed by atoms with van der Waals surface area (Å²) in [7, 11) is -7.02. The Labute approximate surface area is 164 Å². The molecule has 3 heterocycles. The molecule has 0 aromatic heterocycles. The van der Waals surface area contributed by atoms with Crippen molar-refractivity contribution in [1.29, 1.82) is 0 Å². The number of ether oxygens (including phenoxy) is 2. The van der Waals surface area contributed by atoms with Crippen molar-refractivity contribution >= 4 is 25.6 Å². The molecule has 3 fully saturated rings. The Balaban J connectivity index is 1.44. The zero-order valence-electron chi connectivity index (χ0n) is 15.4. The highest BCUT2D eigenvalue weighted by Gasteiger charge is 2.41. The topological polar surface area (TPSA) is 107 Å². The smallest absolute Gasteiger partial charge is 0.253 e. The molecule has 1 spiro atoms. The highest BCUT2D eigenvalue weighted by molar-refractivity contribution is 7.96. The van der Waals surface area contributed by atoms with E-state index in [2.05, 4.69) is 0 Å². The first kappa shape index (κ1) is 19.8. The van der Waals surface area contributed by atoms with Gasteiger partial charge in [0.2, 0.25) is 0 Å². The lowest BCUT2D eigenvalue weighted by molar-refractivity contribution is -0.181. The van der Waals surface area contributed by atoms with Crippen LogP contribution in [-0.2, 0) is 29.1 Å². The van der Waals surface area contributed by atoms with Gasteiger partial charge in [0.15, 0.2) is 25.5 Å². The van der Waals surface area contributed by atoms with Gasteiger partial charge in [0.05, 0.1) is 34.9 Å². The molecule has 1 amide bonds. The molecule has 10 heteroatoms. The highest BCUT2D eigenvalue weighted by Crippen LogP contribution is 2.32. The SMILES string of the molecule is O=C(c1ccc(S(=O)(=O)C2CCS(=O)(=O)C2)cc1)N1CCC2(CC1)OCCO2. The molecule has 1 atom stereocenters. The maximum absolute atomic E-state index is 12.7. The molecule has 28 heavy (non-hydrogen) atoms. The van der Waals surface area contributed by atoms with Crippen LogP contribution < -0.4 is 0 Å². The second-order valence-electron chi connectivity index (χ2n) is 7.49. The molecule has 1 aromatic carbocycles. The predicted octanol–water partition coefficient (Wildman–Crippen LogP) is 0.626. The van der Waals surface area contributed by atoms with Gasteiger partial charge in [0.25, 0.3) is 5.91 Å². The van der Waals surface area contributed by atoms with Gasteiger partial charge in [-0.2, -0.15) is 0 Å². The van der Waals surface area contributed by atoms with Crippen LogP contribution in [0.4, 0.5) is 0 Å². The molecule has 3 aliphatic heterocycles. The average molecular weight is 430 g/mol. The molecule has 154 valence electrons. The number of benzene rings is 1. The summed E-state index contributed by atoms with van der Waals surface area (Å²) in [5.74, 6) is -1.16. The van der Waals surface area contributed by atoms with Gasteiger partial charge < -0.3 is 14.4 Å². The van der Waals surface area contributed by atoms with Crippen LogP contribution in [0.2, 0.25) is 0 Å². The van der Waals surface area contributed by atoms with Gasteiger partial charge in [-0.3, -0.25) is 4.79 Å². The monoisotopic (exact) mass is 429 g/mol. The summed E-state index contributed by atoms with van der Waals surface area (Å²) >= 11 is 0. The van der Waals surface area contributed by atoms with Crippen molar-refractivity contribution in [2.24, 2.45) is 0 Å². The number of nitrogens with zero attached hydrogens (tertiary/aromatic N) is 1. The Hall–Kier alpha value is -1.49. The Bertz CT molecular complexity index is 954. The number of rotatable bonds is 3. The van der Waals surface area contributed by atoms with E-state index in [4.69, 9.17) is 9.47 Å². The third-order valence-corrected chi connectivity index (χ3v) is 9.87. The summed E-state index contributed by atoms with van der Waals surface area (Å²) in [6.07, 6.45) is 1.34. The van der Waals surface area contributed by atoms with Crippen LogP contribution >= 0.6 is 0 Å². The van der Waals surface area contributed by atoms with Gasteiger partial charge in [0.1, 0.15) is 0 Å². The van der Waals surface area contributed by atoms with E-state index >= 15 is 0 Å². The second-order valence-corrected chi connectivity index (χ2v) is 12.0. The van der Waals surface area contributed by atoms with Crippen molar-refractivity contribution in [2.45, 2.75) is 35.2 Å². The van der Waals surface area contributed by atoms with Gasteiger partial charge >= 0.3 is 0 Å². The molecule has 0 radical (unpaired) electrons. The normalized spacial score (nSPS) is 26.6. The molecule has 0 aliphatic carbocycles. The first-order chi connectivity index (χ1) is 13.2. The van der Waals surface area contributed by atoms with Crippen molar-refractivity contribution in [1.82, 2.24) is 4.90 Å². The Morgan fingerprint density at radius 2 is 1.68 bits per heavy atom. The average Bonchev–Trinajstić information content (AvgIpc) is 3.28. The van der Waals surface area contributed by atoms with E-state index in [0.29, 0.717) is 44.7 Å². The number of carbonyl (C=O) groups is 1. The van der Waals surface area contributed by atoms with E-state index in [1.807, 2.05) is 0 Å². The quantitative estimate of drug-likeness (QED) is 0.693. The fourth-order valence-electron chi connectivity index (χ4n) is 4.00. The summed E-state index contributed by atoms with van der Waals surface area (Å²) in [6, 6.07) is 5.77. The predicted molar refractivity (Wildman–Crippen MR) is 100 cm³/mol. The largest absolute Gasteiger partial charge is 0.347 e. The lowest BCUT2D eigenvalue weighted by Gasteiger charge is -2.37. The summed E-state index contributed by atoms with van der Waals surface area (Å²) in [5.41, 5.74) is 0.405. The minimum absolute atomic E-state index is 0.0523. The molecular formula is C18H23NO7S2. The standard InChI is InChI=1S/C18H23NO7S2/c20-17(19-8-6-18(7-9-19)25-10-11-26-18)14-1-3-15(4-2-14)28(23,24)16-5-12-27(21,22)13-16/h1-4,16H,5-13H2. The number of carbonyl (C=O) groups excluding carboxylic acids is 1. The Morgan fingerprint density at radius 3 is 2.21 bits per heavy atom. The molecule has 3 saturated heterocycles. The number of likely N-dealkylation sites (tertiary alicyclic amines) is 1. The fourth-order valence-corrected chi connectivity index (χ4v) is 8.36. The van der Waals surface area contributed by atoms with Crippen molar-refractivity contribution < 1.29 is 31.1 Å². The third-order valence-electron chi connectivity index (χ3n) is 5.69. The zero-order chi connectivity index (χ0) is 20.0. The molecule has 0 saturated carbocycles. The third kappa shape index (κ3) is 3.70. The van der Waals surface area contributed by atoms with Gasteiger partial charge in [0, 0.05) is 31.5 Å². The van der Waals surface area contributed by atoms with Gasteiger partial charge in [-0.15, -0.1) is 0 Å². The fraction of sp³-hybridized carbons (Fsp3) is 0.611. The maximum atomic E-state index is 12.7. The van der Waals surface area contributed by atoms with E-state index < -0.39 is 30.7 Å². The number of piperidine rings is 1. The van der Waals surface area contributed by atoms with Crippen molar-refractivity contribution in [3.8, 4) is 0 Å². The van der Waals surface area contributed by atoms with Crippen LogP contribution in [0.1, 0.15) is 29.6 Å². The number of sulfone groups is 2. The van der Waals surface area contributed by atoms with E-state index in [1.165, 1.54) is 24.3 Å². The van der Waals surface area contributed by atoms with Gasteiger partial charge in [-0.05, 0) is 30.7 Å². The van der Waals surface area contributed by atoms with E-state index in [0.717, 1.165) is 0 Å². The summed E-state index contributed by atoms with van der Waals surface area (Å²) in [4.78, 5) is 14.5. The van der Waals surface area contributed by atoms with E-state index in [1.54, 1.807) is 4.90 Å². The van der Waals surface area contributed by atoms with Crippen LogP contribution in [0.25, 0.3) is 0 Å². The summed E-state index contributed by atoms with van der Waals surface area (Å²) < 4.78 is 59.8. The van der Waals surface area contributed by atoms with Crippen molar-refractivity contribution in [3.05, 3.63) is 29.8 Å². The lowest BCUT2D eigenvalue weighted by Crippen LogP contribution is -2.47. The minimum atomic E-state index is -3.73. The van der Waals surface area contributed by atoms with Crippen LogP contribution in [0, 0.1) is 0 Å². The molecule has 1 unspecified atom stereocenters. The van der Waals surface area contributed by atoms with Crippen LogP contribution in [0.3, 0.4) is 0 Å². The first-order valence-corrected chi connectivity index (χ1v) is 12.7. The molecule has 0 bridgehead atoms. The second kappa shape index (κ2) is 7.08. The highest BCUT2D eigenvalue weighted by atomic mass is 32.2. The summed E-state index contributed by atoms with van der Waals surface area (Å²) in [6.45, 7) is 2.18. The lowest BCUT2D eigenvalue weighted by atomic mass is 10.0. The van der Waals surface area contributed by atoms with Gasteiger partial charge in [-0.25, -0.2) is 16.8 Å². The molecule has 3 aliphatic rings. The Kier molecular flexibility index (Phi) is 5.01. The summed E-state index contributed by atoms with van der Waals surface area (Å²) in [5, 5.41) is -0.913. The zero-order valence-corrected chi connectivity index (χ0v) is 17.0. The number of hydrogen-bond acceptors (Lipinski definition) is 7. The van der Waals surface area contributed by atoms with Crippen molar-refractivity contribution in [2.75, 3.05) is 37.8 Å². The molecule has 0 N–H and O–H groups in total. The van der Waals surface area contributed by atoms with Gasteiger partial charge in [-0.1, -0.05) is 0 Å². The minimum Gasteiger partial charge on any atom is -0.347 e. The first-order valence-electron chi connectivity index (χ1n) is 9.32.